The van der Waals surface area contributed by atoms with E-state index >= 15 is 0 Å². The van der Waals surface area contributed by atoms with E-state index in [1.54, 1.807) is 6.26 Å². The number of nitrogens with one attached hydrogen (secondary N) is 2. The zero-order chi connectivity index (χ0) is 21.1. The van der Waals surface area contributed by atoms with Gasteiger partial charge in [-0.3, -0.25) is 4.79 Å². The molecule has 2 aliphatic heterocycles. The van der Waals surface area contributed by atoms with Crippen LogP contribution in [-0.2, 0) is 9.53 Å². The second-order valence-corrected chi connectivity index (χ2v) is 9.25. The van der Waals surface area contributed by atoms with Crippen LogP contribution in [0, 0.1) is 5.92 Å². The van der Waals surface area contributed by atoms with E-state index in [1.807, 2.05) is 20.8 Å². The Labute approximate surface area is 170 Å². The predicted octanol–water partition coefficient (Wildman–Crippen LogP) is 0.558. The molecule has 2 heterocycles. The third-order valence-corrected chi connectivity index (χ3v) is 6.62. The molecular weight excluding hydrogens is 387 g/mol. The largest absolute Gasteiger partial charge is 0.388 e. The molecule has 5 N–H and O–H groups in total. The van der Waals surface area contributed by atoms with Gasteiger partial charge < -0.3 is 30.7 Å². The zero-order valence-corrected chi connectivity index (χ0v) is 17.9. The number of hydrogen-bond acceptors (Lipinski definition) is 7. The van der Waals surface area contributed by atoms with Gasteiger partial charge in [0, 0.05) is 6.42 Å². The number of rotatable bonds is 7. The van der Waals surface area contributed by atoms with Crippen LogP contribution in [0.15, 0.2) is 0 Å². The van der Waals surface area contributed by atoms with Crippen molar-refractivity contribution in [2.24, 2.45) is 5.92 Å². The first-order valence-electron chi connectivity index (χ1n) is 10.1. The Morgan fingerprint density at radius 1 is 1.32 bits per heavy atom. The summed E-state index contributed by atoms with van der Waals surface area (Å²) in [5.41, 5.74) is -2.06. The topological polar surface area (TPSA) is 111 Å². The highest BCUT2D eigenvalue weighted by molar-refractivity contribution is 7.99. The van der Waals surface area contributed by atoms with Gasteiger partial charge in [0.1, 0.15) is 35.5 Å². The van der Waals surface area contributed by atoms with Gasteiger partial charge in [-0.1, -0.05) is 27.2 Å². The Morgan fingerprint density at radius 2 is 2.00 bits per heavy atom. The number of amides is 1. The van der Waals surface area contributed by atoms with Crippen LogP contribution in [0.4, 0.5) is 4.39 Å². The molecule has 2 saturated heterocycles. The highest BCUT2D eigenvalue weighted by Gasteiger charge is 2.48. The van der Waals surface area contributed by atoms with Crippen LogP contribution in [0.3, 0.4) is 0 Å². The number of thioether (sulfide) groups is 1. The fraction of sp³-hybridized carbons (Fsp3) is 0.947. The maximum absolute atomic E-state index is 14.9. The van der Waals surface area contributed by atoms with E-state index in [0.29, 0.717) is 19.4 Å². The number of aliphatic hydroxyl groups is 3. The Kier molecular flexibility index (Phi) is 8.54. The molecule has 0 spiro atoms. The first-order valence-corrected chi connectivity index (χ1v) is 11.4. The molecule has 8 atom stereocenters. The van der Waals surface area contributed by atoms with Gasteiger partial charge in [-0.15, -0.1) is 11.8 Å². The van der Waals surface area contributed by atoms with Crippen LogP contribution in [-0.4, -0.2) is 81.6 Å². The van der Waals surface area contributed by atoms with E-state index in [-0.39, 0.29) is 18.2 Å². The van der Waals surface area contributed by atoms with Gasteiger partial charge in [-0.05, 0) is 31.6 Å². The Hall–Kier alpha value is -0.450. The lowest BCUT2D eigenvalue weighted by Gasteiger charge is -2.44. The molecule has 2 aliphatic rings. The van der Waals surface area contributed by atoms with Crippen molar-refractivity contribution in [3.8, 4) is 0 Å². The minimum atomic E-state index is -1.37. The summed E-state index contributed by atoms with van der Waals surface area (Å²) in [6.07, 6.45) is -1.43. The van der Waals surface area contributed by atoms with Gasteiger partial charge in [0.15, 0.2) is 0 Å². The highest BCUT2D eigenvalue weighted by Crippen LogP contribution is 2.32. The first kappa shape index (κ1) is 23.8. The Bertz CT molecular complexity index is 523. The maximum Gasteiger partial charge on any atom is 0.237 e. The quantitative estimate of drug-likeness (QED) is 0.408. The van der Waals surface area contributed by atoms with Crippen molar-refractivity contribution < 1.29 is 29.2 Å². The molecule has 0 radical (unpaired) electrons. The molecular formula is C19H35FN2O5S. The SMILES string of the molecule is CCCC1(F)CCNC(C(=O)NC(C(C)C)[C@@H]2O[C@@H](SC)[C@@H](O)[C@H](O)[C@@H]2O)C1. The fourth-order valence-electron chi connectivity index (χ4n) is 4.13. The zero-order valence-electron chi connectivity index (χ0n) is 17.1. The number of halogens is 1. The summed E-state index contributed by atoms with van der Waals surface area (Å²) in [5, 5.41) is 36.7. The van der Waals surface area contributed by atoms with E-state index in [9.17, 15) is 24.5 Å². The minimum absolute atomic E-state index is 0.108. The van der Waals surface area contributed by atoms with Crippen LogP contribution in [0.25, 0.3) is 0 Å². The second kappa shape index (κ2) is 10.0. The normalized spacial score (nSPS) is 40.3. The highest BCUT2D eigenvalue weighted by atomic mass is 32.2. The lowest BCUT2D eigenvalue weighted by molar-refractivity contribution is -0.208. The monoisotopic (exact) mass is 422 g/mol. The van der Waals surface area contributed by atoms with Crippen LogP contribution in [0.5, 0.6) is 0 Å². The summed E-state index contributed by atoms with van der Waals surface area (Å²) in [6, 6.07) is -1.25. The summed E-state index contributed by atoms with van der Waals surface area (Å²) in [4.78, 5) is 12.9. The molecule has 0 aliphatic carbocycles. The smallest absolute Gasteiger partial charge is 0.237 e. The molecule has 0 bridgehead atoms. The van der Waals surface area contributed by atoms with Gasteiger partial charge >= 0.3 is 0 Å². The Morgan fingerprint density at radius 3 is 2.57 bits per heavy atom. The lowest BCUT2D eigenvalue weighted by Crippen LogP contribution is -2.65. The van der Waals surface area contributed by atoms with E-state index < -0.39 is 47.6 Å². The standard InChI is InChI=1S/C19H35FN2O5S/c1-5-6-19(20)7-8-21-11(9-19)17(26)22-12(10(2)3)16-14(24)13(23)15(25)18(27-16)28-4/h10-16,18,21,23-25H,5-9H2,1-4H3,(H,22,26)/t11?,12?,13-,14+,15+,16+,18+,19?/m1/s1. The fourth-order valence-corrected chi connectivity index (χ4v) is 4.81. The van der Waals surface area contributed by atoms with Crippen molar-refractivity contribution >= 4 is 17.7 Å². The number of carbonyl (C=O) groups excluding carboxylic acids is 1. The van der Waals surface area contributed by atoms with E-state index in [1.165, 1.54) is 11.8 Å². The lowest BCUT2D eigenvalue weighted by atomic mass is 9.84. The van der Waals surface area contributed by atoms with Gasteiger partial charge in [0.2, 0.25) is 5.91 Å². The number of alkyl halides is 1. The van der Waals surface area contributed by atoms with Crippen LogP contribution < -0.4 is 10.6 Å². The van der Waals surface area contributed by atoms with Crippen molar-refractivity contribution in [1.29, 1.82) is 0 Å². The molecule has 2 fully saturated rings. The summed E-state index contributed by atoms with van der Waals surface area (Å²) in [7, 11) is 0. The molecule has 0 aromatic heterocycles. The third-order valence-electron chi connectivity index (χ3n) is 5.77. The number of carbonyl (C=O) groups is 1. The van der Waals surface area contributed by atoms with Crippen molar-refractivity contribution in [2.45, 2.75) is 94.1 Å². The summed E-state index contributed by atoms with van der Waals surface area (Å²) < 4.78 is 20.8. The molecule has 3 unspecified atom stereocenters. The third kappa shape index (κ3) is 5.37. The summed E-state index contributed by atoms with van der Waals surface area (Å²) in [6.45, 7) is 6.11. The predicted molar refractivity (Wildman–Crippen MR) is 107 cm³/mol. The van der Waals surface area contributed by atoms with E-state index in [2.05, 4.69) is 10.6 Å². The van der Waals surface area contributed by atoms with Gasteiger partial charge in [0.05, 0.1) is 12.1 Å². The second-order valence-electron chi connectivity index (χ2n) is 8.32. The molecule has 164 valence electrons. The van der Waals surface area contributed by atoms with Crippen LogP contribution in [0.1, 0.15) is 46.5 Å². The molecule has 7 nitrogen and oxygen atoms in total. The number of piperidine rings is 1. The average molecular weight is 423 g/mol. The number of ether oxygens (including phenoxy) is 1. The summed E-state index contributed by atoms with van der Waals surface area (Å²) >= 11 is 1.23. The molecule has 0 aromatic rings. The van der Waals surface area contributed by atoms with E-state index in [0.717, 1.165) is 6.42 Å². The molecule has 9 heteroatoms. The van der Waals surface area contributed by atoms with Crippen molar-refractivity contribution in [2.75, 3.05) is 12.8 Å². The van der Waals surface area contributed by atoms with E-state index in [4.69, 9.17) is 4.74 Å². The molecule has 0 saturated carbocycles. The average Bonchev–Trinajstić information content (AvgIpc) is 2.64. The van der Waals surface area contributed by atoms with Gasteiger partial charge in [0.25, 0.3) is 0 Å². The van der Waals surface area contributed by atoms with Gasteiger partial charge in [-0.25, -0.2) is 4.39 Å². The molecule has 0 aromatic carbocycles. The maximum atomic E-state index is 14.9. The van der Waals surface area contributed by atoms with Crippen LogP contribution >= 0.6 is 11.8 Å². The van der Waals surface area contributed by atoms with Crippen molar-refractivity contribution in [3.63, 3.8) is 0 Å². The first-order chi connectivity index (χ1) is 13.1. The molecule has 1 amide bonds. The summed E-state index contributed by atoms with van der Waals surface area (Å²) in [5.74, 6) is -0.448. The minimum Gasteiger partial charge on any atom is -0.388 e. The molecule has 28 heavy (non-hydrogen) atoms. The van der Waals surface area contributed by atoms with Gasteiger partial charge in [-0.2, -0.15) is 0 Å². The van der Waals surface area contributed by atoms with Crippen molar-refractivity contribution in [3.05, 3.63) is 0 Å². The number of aliphatic hydroxyl groups excluding tert-OH is 3. The van der Waals surface area contributed by atoms with Crippen molar-refractivity contribution in [1.82, 2.24) is 10.6 Å². The van der Waals surface area contributed by atoms with Crippen LogP contribution in [0.2, 0.25) is 0 Å². The Balaban J connectivity index is 2.10. The number of hydrogen-bond donors (Lipinski definition) is 5. The molecule has 2 rings (SSSR count).